The van der Waals surface area contributed by atoms with Crippen LogP contribution in [0, 0.1) is 22.5 Å². The van der Waals surface area contributed by atoms with Gasteiger partial charge in [0.05, 0.1) is 0 Å². The Morgan fingerprint density at radius 3 is 1.37 bits per heavy atom. The van der Waals surface area contributed by atoms with Gasteiger partial charge in [-0.1, -0.05) is 62.8 Å². The molecule has 0 atom stereocenters. The van der Waals surface area contributed by atoms with E-state index in [1.807, 2.05) is 24.3 Å². The van der Waals surface area contributed by atoms with Gasteiger partial charge in [0, 0.05) is 0 Å². The summed E-state index contributed by atoms with van der Waals surface area (Å²) in [6.07, 6.45) is 21.4. The highest BCUT2D eigenvalue weighted by molar-refractivity contribution is 5.27. The van der Waals surface area contributed by atoms with Crippen molar-refractivity contribution < 1.29 is 8.78 Å². The molecule has 2 aliphatic rings. The van der Waals surface area contributed by atoms with Crippen molar-refractivity contribution in [1.82, 2.24) is 0 Å². The molecule has 0 heterocycles. The molecule has 0 N–H and O–H groups in total. The Balaban J connectivity index is 1.66. The van der Waals surface area contributed by atoms with Crippen LogP contribution in [0.5, 0.6) is 0 Å². The van der Waals surface area contributed by atoms with E-state index in [0.717, 1.165) is 25.7 Å². The zero-order valence-electron chi connectivity index (χ0n) is 18.8. The number of aryl methyl sites for hydroxylation is 2. The number of rotatable bonds is 10. The SMILES string of the molecule is C=CCC1(CCc2ccc(CCC3(CC=C)CCCCC3)c(F)c2F)CCCCC1. The molecule has 0 saturated heterocycles. The third-order valence-electron chi connectivity index (χ3n) is 8.07. The van der Waals surface area contributed by atoms with Crippen molar-refractivity contribution in [1.29, 1.82) is 0 Å². The molecule has 0 amide bonds. The summed E-state index contributed by atoms with van der Waals surface area (Å²) in [6, 6.07) is 3.69. The Hall–Kier alpha value is -1.44. The summed E-state index contributed by atoms with van der Waals surface area (Å²) in [6.45, 7) is 7.87. The molecule has 30 heavy (non-hydrogen) atoms. The van der Waals surface area contributed by atoms with Crippen LogP contribution in [-0.4, -0.2) is 0 Å². The second-order valence-corrected chi connectivity index (χ2v) is 10.1. The molecule has 166 valence electrons. The highest BCUT2D eigenvalue weighted by Gasteiger charge is 2.32. The van der Waals surface area contributed by atoms with E-state index in [1.165, 1.54) is 64.2 Å². The number of allylic oxidation sites excluding steroid dienone is 2. The van der Waals surface area contributed by atoms with Crippen molar-refractivity contribution in [3.05, 3.63) is 60.2 Å². The first-order valence-corrected chi connectivity index (χ1v) is 12.2. The van der Waals surface area contributed by atoms with E-state index >= 15 is 0 Å². The van der Waals surface area contributed by atoms with Crippen LogP contribution >= 0.6 is 0 Å². The Kier molecular flexibility index (Phi) is 8.31. The van der Waals surface area contributed by atoms with E-state index < -0.39 is 11.6 Å². The molecule has 0 spiro atoms. The monoisotopic (exact) mass is 414 g/mol. The molecule has 2 heteroatoms. The fourth-order valence-electron chi connectivity index (χ4n) is 6.14. The maximum atomic E-state index is 14.9. The van der Waals surface area contributed by atoms with Crippen molar-refractivity contribution in [2.75, 3.05) is 0 Å². The van der Waals surface area contributed by atoms with Crippen molar-refractivity contribution in [3.63, 3.8) is 0 Å². The highest BCUT2D eigenvalue weighted by atomic mass is 19.2. The van der Waals surface area contributed by atoms with Crippen LogP contribution in [0.2, 0.25) is 0 Å². The van der Waals surface area contributed by atoms with E-state index in [4.69, 9.17) is 0 Å². The minimum atomic E-state index is -0.613. The van der Waals surface area contributed by atoms with Gasteiger partial charge >= 0.3 is 0 Å². The minimum Gasteiger partial charge on any atom is -0.203 e. The minimum absolute atomic E-state index is 0.236. The summed E-state index contributed by atoms with van der Waals surface area (Å²) in [7, 11) is 0. The first-order valence-electron chi connectivity index (χ1n) is 12.2. The average molecular weight is 415 g/mol. The molecule has 0 unspecified atom stereocenters. The van der Waals surface area contributed by atoms with Gasteiger partial charge in [0.25, 0.3) is 0 Å². The molecule has 3 rings (SSSR count). The summed E-state index contributed by atoms with van der Waals surface area (Å²) in [5.41, 5.74) is 1.56. The van der Waals surface area contributed by atoms with E-state index in [0.29, 0.717) is 24.0 Å². The largest absolute Gasteiger partial charge is 0.203 e. The van der Waals surface area contributed by atoms with Crippen LogP contribution in [0.4, 0.5) is 8.78 Å². The quantitative estimate of drug-likeness (QED) is 0.335. The number of hydrogen-bond donors (Lipinski definition) is 0. The molecule has 0 aliphatic heterocycles. The first kappa shape index (κ1) is 23.2. The van der Waals surface area contributed by atoms with E-state index in [1.54, 1.807) is 0 Å². The molecular formula is C28H40F2. The normalized spacial score (nSPS) is 20.6. The van der Waals surface area contributed by atoms with Crippen molar-refractivity contribution in [3.8, 4) is 0 Å². The fraction of sp³-hybridized carbons (Fsp3) is 0.643. The van der Waals surface area contributed by atoms with Gasteiger partial charge in [0.1, 0.15) is 0 Å². The Morgan fingerprint density at radius 2 is 1.03 bits per heavy atom. The lowest BCUT2D eigenvalue weighted by Crippen LogP contribution is -2.25. The average Bonchev–Trinajstić information content (AvgIpc) is 2.76. The second-order valence-electron chi connectivity index (χ2n) is 10.1. The zero-order chi connectivity index (χ0) is 21.5. The third kappa shape index (κ3) is 5.62. The summed E-state index contributed by atoms with van der Waals surface area (Å²) < 4.78 is 29.8. The van der Waals surface area contributed by atoms with Gasteiger partial charge in [-0.25, -0.2) is 8.78 Å². The standard InChI is InChI=1S/C28H40F2/c1-3-15-27(17-7-5-8-18-27)21-13-23-11-12-24(26(30)25(23)29)14-22-28(16-4-2)19-9-6-10-20-28/h3-4,11-12H,1-2,5-10,13-22H2. The summed E-state index contributed by atoms with van der Waals surface area (Å²) >= 11 is 0. The maximum absolute atomic E-state index is 14.9. The molecule has 0 bridgehead atoms. The molecule has 2 aliphatic carbocycles. The van der Waals surface area contributed by atoms with E-state index in [9.17, 15) is 8.78 Å². The van der Waals surface area contributed by atoms with Crippen LogP contribution < -0.4 is 0 Å². The van der Waals surface area contributed by atoms with Crippen LogP contribution in [0.1, 0.15) is 101 Å². The molecule has 0 radical (unpaired) electrons. The van der Waals surface area contributed by atoms with Gasteiger partial charge in [-0.2, -0.15) is 0 Å². The fourth-order valence-corrected chi connectivity index (χ4v) is 6.14. The number of benzene rings is 1. The summed E-state index contributed by atoms with van der Waals surface area (Å²) in [5.74, 6) is -1.23. The van der Waals surface area contributed by atoms with Gasteiger partial charge in [0.15, 0.2) is 11.6 Å². The van der Waals surface area contributed by atoms with Gasteiger partial charge in [-0.05, 0) is 86.2 Å². The predicted octanol–water partition coefficient (Wildman–Crippen LogP) is 8.88. The number of hydrogen-bond acceptors (Lipinski definition) is 0. The zero-order valence-corrected chi connectivity index (χ0v) is 18.8. The third-order valence-corrected chi connectivity index (χ3v) is 8.07. The molecular weight excluding hydrogens is 374 g/mol. The topological polar surface area (TPSA) is 0 Å². The molecule has 0 aromatic heterocycles. The van der Waals surface area contributed by atoms with Crippen molar-refractivity contribution in [2.45, 2.75) is 103 Å². The predicted molar refractivity (Wildman–Crippen MR) is 124 cm³/mol. The lowest BCUT2D eigenvalue weighted by Gasteiger charge is -2.37. The first-order chi connectivity index (χ1) is 14.5. The molecule has 1 aromatic rings. The summed E-state index contributed by atoms with van der Waals surface area (Å²) in [5, 5.41) is 0. The van der Waals surface area contributed by atoms with Gasteiger partial charge in [-0.15, -0.1) is 13.2 Å². The van der Waals surface area contributed by atoms with Crippen LogP contribution in [0.15, 0.2) is 37.4 Å². The van der Waals surface area contributed by atoms with Gasteiger partial charge < -0.3 is 0 Å². The van der Waals surface area contributed by atoms with Crippen molar-refractivity contribution in [2.24, 2.45) is 10.8 Å². The Bertz CT molecular complexity index is 645. The van der Waals surface area contributed by atoms with Crippen molar-refractivity contribution >= 4 is 0 Å². The Morgan fingerprint density at radius 1 is 0.667 bits per heavy atom. The molecule has 0 nitrogen and oxygen atoms in total. The Labute approximate surface area is 182 Å². The van der Waals surface area contributed by atoms with E-state index in [-0.39, 0.29) is 10.8 Å². The van der Waals surface area contributed by atoms with Gasteiger partial charge in [-0.3, -0.25) is 0 Å². The smallest absolute Gasteiger partial charge is 0.162 e. The van der Waals surface area contributed by atoms with Gasteiger partial charge in [0.2, 0.25) is 0 Å². The number of halogens is 2. The molecule has 2 saturated carbocycles. The van der Waals surface area contributed by atoms with Crippen LogP contribution in [-0.2, 0) is 12.8 Å². The highest BCUT2D eigenvalue weighted by Crippen LogP contribution is 2.45. The van der Waals surface area contributed by atoms with Crippen LogP contribution in [0.25, 0.3) is 0 Å². The maximum Gasteiger partial charge on any atom is 0.162 e. The lowest BCUT2D eigenvalue weighted by molar-refractivity contribution is 0.174. The molecule has 1 aromatic carbocycles. The molecule has 2 fully saturated rings. The lowest BCUT2D eigenvalue weighted by atomic mass is 9.68. The van der Waals surface area contributed by atoms with Crippen LogP contribution in [0.3, 0.4) is 0 Å². The second kappa shape index (κ2) is 10.7. The van der Waals surface area contributed by atoms with E-state index in [2.05, 4.69) is 13.2 Å². The summed E-state index contributed by atoms with van der Waals surface area (Å²) in [4.78, 5) is 0.